The van der Waals surface area contributed by atoms with E-state index in [9.17, 15) is 5.11 Å². The molecule has 0 rings (SSSR count). The lowest BCUT2D eigenvalue weighted by Crippen LogP contribution is -2.39. The highest BCUT2D eigenvalue weighted by Crippen LogP contribution is 2.07. The average Bonchev–Trinajstić information content (AvgIpc) is 2.20. The predicted molar refractivity (Wildman–Crippen MR) is 60.9 cm³/mol. The first-order valence-electron chi connectivity index (χ1n) is 5.65. The third-order valence-electron chi connectivity index (χ3n) is 2.36. The van der Waals surface area contributed by atoms with E-state index in [4.69, 9.17) is 9.84 Å². The summed E-state index contributed by atoms with van der Waals surface area (Å²) in [5, 5.41) is 21.6. The van der Waals surface area contributed by atoms with Crippen LogP contribution in [0.2, 0.25) is 0 Å². The van der Waals surface area contributed by atoms with E-state index in [0.717, 1.165) is 25.8 Å². The van der Waals surface area contributed by atoms with Crippen LogP contribution in [-0.2, 0) is 4.74 Å². The van der Waals surface area contributed by atoms with Crippen molar-refractivity contribution in [3.8, 4) is 0 Å². The number of unbranched alkanes of at least 4 members (excludes halogenated alkanes) is 2. The molecule has 4 nitrogen and oxygen atoms in total. The van der Waals surface area contributed by atoms with Crippen molar-refractivity contribution in [2.24, 2.45) is 0 Å². The standard InChI is InChI=1S/C11H25NO3/c1-11(14,6-9-15-2)10-12-7-4-3-5-8-13/h12-14H,3-10H2,1-2H3. The highest BCUT2D eigenvalue weighted by Gasteiger charge is 2.18. The van der Waals surface area contributed by atoms with Gasteiger partial charge in [-0.05, 0) is 32.7 Å². The van der Waals surface area contributed by atoms with Crippen molar-refractivity contribution in [1.29, 1.82) is 0 Å². The van der Waals surface area contributed by atoms with Crippen LogP contribution in [-0.4, -0.2) is 49.2 Å². The molecule has 0 bridgehead atoms. The van der Waals surface area contributed by atoms with E-state index in [0.29, 0.717) is 19.6 Å². The van der Waals surface area contributed by atoms with Gasteiger partial charge in [0.15, 0.2) is 0 Å². The van der Waals surface area contributed by atoms with Gasteiger partial charge in [-0.25, -0.2) is 0 Å². The smallest absolute Gasteiger partial charge is 0.0765 e. The summed E-state index contributed by atoms with van der Waals surface area (Å²) in [6.07, 6.45) is 3.58. The van der Waals surface area contributed by atoms with Crippen LogP contribution in [0.4, 0.5) is 0 Å². The molecule has 0 spiro atoms. The molecule has 1 atom stereocenters. The number of aliphatic hydroxyl groups is 2. The van der Waals surface area contributed by atoms with Crippen molar-refractivity contribution in [3.63, 3.8) is 0 Å². The Hall–Kier alpha value is -0.160. The number of nitrogens with one attached hydrogen (secondary N) is 1. The Kier molecular flexibility index (Phi) is 9.00. The molecule has 92 valence electrons. The van der Waals surface area contributed by atoms with Gasteiger partial charge in [0.2, 0.25) is 0 Å². The fraction of sp³-hybridized carbons (Fsp3) is 1.00. The number of aliphatic hydroxyl groups excluding tert-OH is 1. The molecular formula is C11H25NO3. The molecule has 0 aromatic carbocycles. The normalized spacial score (nSPS) is 15.2. The lowest BCUT2D eigenvalue weighted by Gasteiger charge is -2.23. The topological polar surface area (TPSA) is 61.7 Å². The maximum Gasteiger partial charge on any atom is 0.0765 e. The second-order valence-electron chi connectivity index (χ2n) is 4.20. The van der Waals surface area contributed by atoms with Gasteiger partial charge in [-0.15, -0.1) is 0 Å². The Morgan fingerprint density at radius 1 is 1.27 bits per heavy atom. The zero-order valence-electron chi connectivity index (χ0n) is 9.96. The van der Waals surface area contributed by atoms with Gasteiger partial charge in [-0.2, -0.15) is 0 Å². The van der Waals surface area contributed by atoms with E-state index < -0.39 is 5.60 Å². The fourth-order valence-corrected chi connectivity index (χ4v) is 1.31. The summed E-state index contributed by atoms with van der Waals surface area (Å²) in [6.45, 7) is 4.15. The second-order valence-corrected chi connectivity index (χ2v) is 4.20. The van der Waals surface area contributed by atoms with Crippen molar-refractivity contribution in [1.82, 2.24) is 5.32 Å². The molecule has 0 saturated heterocycles. The van der Waals surface area contributed by atoms with Gasteiger partial charge in [-0.3, -0.25) is 0 Å². The molecule has 0 aliphatic carbocycles. The molecule has 0 aromatic rings. The van der Waals surface area contributed by atoms with Crippen LogP contribution in [0.25, 0.3) is 0 Å². The fourth-order valence-electron chi connectivity index (χ4n) is 1.31. The minimum atomic E-state index is -0.688. The minimum Gasteiger partial charge on any atom is -0.396 e. The van der Waals surface area contributed by atoms with Crippen LogP contribution >= 0.6 is 0 Å². The summed E-state index contributed by atoms with van der Waals surface area (Å²) in [6, 6.07) is 0. The summed E-state index contributed by atoms with van der Waals surface area (Å²) in [4.78, 5) is 0. The van der Waals surface area contributed by atoms with E-state index in [1.54, 1.807) is 7.11 Å². The number of hydrogen-bond acceptors (Lipinski definition) is 4. The monoisotopic (exact) mass is 219 g/mol. The van der Waals surface area contributed by atoms with Crippen LogP contribution < -0.4 is 5.32 Å². The highest BCUT2D eigenvalue weighted by atomic mass is 16.5. The first-order valence-corrected chi connectivity index (χ1v) is 5.65. The molecule has 0 heterocycles. The molecular weight excluding hydrogens is 194 g/mol. The van der Waals surface area contributed by atoms with Gasteiger partial charge < -0.3 is 20.3 Å². The zero-order valence-corrected chi connectivity index (χ0v) is 9.96. The first-order chi connectivity index (χ1) is 7.12. The Bertz CT molecular complexity index is 140. The quantitative estimate of drug-likeness (QED) is 0.469. The zero-order chi connectivity index (χ0) is 11.6. The maximum atomic E-state index is 9.87. The summed E-state index contributed by atoms with van der Waals surface area (Å²) >= 11 is 0. The molecule has 4 heteroatoms. The number of hydrogen-bond donors (Lipinski definition) is 3. The Morgan fingerprint density at radius 3 is 2.60 bits per heavy atom. The Balaban J connectivity index is 3.32. The van der Waals surface area contributed by atoms with Crippen LogP contribution in [0.15, 0.2) is 0 Å². The van der Waals surface area contributed by atoms with Gasteiger partial charge in [0.25, 0.3) is 0 Å². The molecule has 0 aromatic heterocycles. The highest BCUT2D eigenvalue weighted by molar-refractivity contribution is 4.74. The van der Waals surface area contributed by atoms with Crippen LogP contribution in [0.5, 0.6) is 0 Å². The summed E-state index contributed by atoms with van der Waals surface area (Å²) in [7, 11) is 1.64. The average molecular weight is 219 g/mol. The maximum absolute atomic E-state index is 9.87. The summed E-state index contributed by atoms with van der Waals surface area (Å²) < 4.78 is 4.92. The minimum absolute atomic E-state index is 0.269. The van der Waals surface area contributed by atoms with Crippen molar-refractivity contribution in [3.05, 3.63) is 0 Å². The molecule has 0 radical (unpaired) electrons. The molecule has 1 unspecified atom stereocenters. The number of methoxy groups -OCH3 is 1. The van der Waals surface area contributed by atoms with Crippen LogP contribution in [0.1, 0.15) is 32.6 Å². The van der Waals surface area contributed by atoms with Crippen LogP contribution in [0.3, 0.4) is 0 Å². The molecule has 0 aliphatic heterocycles. The van der Waals surface area contributed by atoms with Gasteiger partial charge >= 0.3 is 0 Å². The molecule has 0 amide bonds. The molecule has 0 fully saturated rings. The number of rotatable bonds is 10. The van der Waals surface area contributed by atoms with E-state index >= 15 is 0 Å². The van der Waals surface area contributed by atoms with Crippen molar-refractivity contribution >= 4 is 0 Å². The van der Waals surface area contributed by atoms with Gasteiger partial charge in [0.05, 0.1) is 5.60 Å². The molecule has 3 N–H and O–H groups in total. The predicted octanol–water partition coefficient (Wildman–Crippen LogP) is 0.526. The van der Waals surface area contributed by atoms with Crippen molar-refractivity contribution < 1.29 is 14.9 Å². The molecule has 0 aliphatic rings. The summed E-state index contributed by atoms with van der Waals surface area (Å²) in [5.74, 6) is 0. The SMILES string of the molecule is COCCC(C)(O)CNCCCCCO. The third-order valence-corrected chi connectivity index (χ3v) is 2.36. The third kappa shape index (κ3) is 10.1. The van der Waals surface area contributed by atoms with E-state index in [1.165, 1.54) is 0 Å². The Morgan fingerprint density at radius 2 is 2.00 bits per heavy atom. The van der Waals surface area contributed by atoms with Crippen molar-refractivity contribution in [2.75, 3.05) is 33.4 Å². The van der Waals surface area contributed by atoms with Gasteiger partial charge in [0.1, 0.15) is 0 Å². The summed E-state index contributed by atoms with van der Waals surface area (Å²) in [5.41, 5.74) is -0.688. The first kappa shape index (κ1) is 14.8. The van der Waals surface area contributed by atoms with Gasteiger partial charge in [0, 0.05) is 33.3 Å². The van der Waals surface area contributed by atoms with Crippen LogP contribution in [0, 0.1) is 0 Å². The second kappa shape index (κ2) is 9.09. The lowest BCUT2D eigenvalue weighted by atomic mass is 10.0. The largest absolute Gasteiger partial charge is 0.396 e. The molecule has 15 heavy (non-hydrogen) atoms. The Labute approximate surface area is 92.6 Å². The van der Waals surface area contributed by atoms with E-state index in [-0.39, 0.29) is 6.61 Å². The molecule has 0 saturated carbocycles. The lowest BCUT2D eigenvalue weighted by molar-refractivity contribution is 0.0250. The number of ether oxygens (including phenoxy) is 1. The van der Waals surface area contributed by atoms with Crippen molar-refractivity contribution in [2.45, 2.75) is 38.2 Å². The van der Waals surface area contributed by atoms with E-state index in [2.05, 4.69) is 5.32 Å². The van der Waals surface area contributed by atoms with E-state index in [1.807, 2.05) is 6.92 Å². The van der Waals surface area contributed by atoms with Gasteiger partial charge in [-0.1, -0.05) is 0 Å².